The van der Waals surface area contributed by atoms with Gasteiger partial charge in [-0.05, 0) is 46.6 Å². The monoisotopic (exact) mass is 314 g/mol. The Morgan fingerprint density at radius 3 is 2.67 bits per heavy atom. The van der Waals surface area contributed by atoms with Gasteiger partial charge >= 0.3 is 0 Å². The summed E-state index contributed by atoms with van der Waals surface area (Å²) in [6.45, 7) is 7.43. The molecule has 0 aliphatic carbocycles. The number of aryl methyl sites for hydroxylation is 2. The number of hydrogen-bond donors (Lipinski definition) is 1. The summed E-state index contributed by atoms with van der Waals surface area (Å²) in [5.41, 5.74) is 6.83. The zero-order valence-electron chi connectivity index (χ0n) is 13.2. The van der Waals surface area contributed by atoms with Crippen molar-refractivity contribution >= 4 is 10.0 Å². The second-order valence-electron chi connectivity index (χ2n) is 5.83. The number of aromatic nitrogens is 2. The minimum atomic E-state index is -3.46. The fraction of sp³-hybridized carbons (Fsp3) is 0.786. The first-order chi connectivity index (χ1) is 9.89. The van der Waals surface area contributed by atoms with Crippen LogP contribution in [0.3, 0.4) is 0 Å². The molecule has 6 nitrogen and oxygen atoms in total. The lowest BCUT2D eigenvalue weighted by Gasteiger charge is -2.32. The smallest absolute Gasteiger partial charge is 0.246 e. The molecular formula is C14H26N4O2S. The fourth-order valence-electron chi connectivity index (χ4n) is 3.06. The highest BCUT2D eigenvalue weighted by molar-refractivity contribution is 7.89. The molecule has 0 amide bonds. The van der Waals surface area contributed by atoms with Gasteiger partial charge in [-0.15, -0.1) is 0 Å². The SMILES string of the molecule is Cc1nn(CCCN)c(C)c1S(=O)(=O)N1CCCCC1C. The third kappa shape index (κ3) is 3.14. The Morgan fingerprint density at radius 2 is 2.05 bits per heavy atom. The minimum absolute atomic E-state index is 0.0648. The van der Waals surface area contributed by atoms with E-state index < -0.39 is 10.0 Å². The third-order valence-corrected chi connectivity index (χ3v) is 6.46. The summed E-state index contributed by atoms with van der Waals surface area (Å²) in [6, 6.07) is 0.0648. The van der Waals surface area contributed by atoms with Gasteiger partial charge in [0.25, 0.3) is 0 Å². The van der Waals surface area contributed by atoms with E-state index in [-0.39, 0.29) is 6.04 Å². The maximum atomic E-state index is 13.0. The van der Waals surface area contributed by atoms with Crippen molar-refractivity contribution in [2.24, 2.45) is 5.73 Å². The van der Waals surface area contributed by atoms with Gasteiger partial charge in [0, 0.05) is 19.1 Å². The normalized spacial score (nSPS) is 20.9. The first kappa shape index (κ1) is 16.5. The van der Waals surface area contributed by atoms with Crippen LogP contribution in [-0.4, -0.2) is 41.6 Å². The highest BCUT2D eigenvalue weighted by Gasteiger charge is 2.35. The first-order valence-electron chi connectivity index (χ1n) is 7.65. The molecular weight excluding hydrogens is 288 g/mol. The van der Waals surface area contributed by atoms with Gasteiger partial charge in [0.15, 0.2) is 0 Å². The van der Waals surface area contributed by atoms with Crippen molar-refractivity contribution in [1.29, 1.82) is 0 Å². The lowest BCUT2D eigenvalue weighted by Crippen LogP contribution is -2.42. The van der Waals surface area contributed by atoms with Crippen LogP contribution < -0.4 is 5.73 Å². The molecule has 1 atom stereocenters. The predicted molar refractivity (Wildman–Crippen MR) is 82.6 cm³/mol. The largest absolute Gasteiger partial charge is 0.330 e. The molecule has 1 fully saturated rings. The van der Waals surface area contributed by atoms with Gasteiger partial charge in [-0.1, -0.05) is 6.42 Å². The standard InChI is InChI=1S/C14H26N4O2S/c1-11-7-4-5-10-18(11)21(19,20)14-12(2)16-17(13(14)3)9-6-8-15/h11H,4-10,15H2,1-3H3. The Bertz CT molecular complexity index is 594. The van der Waals surface area contributed by atoms with Gasteiger partial charge in [-0.25, -0.2) is 8.42 Å². The van der Waals surface area contributed by atoms with Gasteiger partial charge < -0.3 is 5.73 Å². The number of sulfonamides is 1. The van der Waals surface area contributed by atoms with Gasteiger partial charge in [-0.2, -0.15) is 9.40 Å². The van der Waals surface area contributed by atoms with E-state index in [1.54, 1.807) is 15.9 Å². The summed E-state index contributed by atoms with van der Waals surface area (Å²) < 4.78 is 29.4. The van der Waals surface area contributed by atoms with Crippen molar-refractivity contribution in [1.82, 2.24) is 14.1 Å². The minimum Gasteiger partial charge on any atom is -0.330 e. The lowest BCUT2D eigenvalue weighted by atomic mass is 10.1. The van der Waals surface area contributed by atoms with Crippen LogP contribution >= 0.6 is 0 Å². The van der Waals surface area contributed by atoms with E-state index in [1.165, 1.54) is 0 Å². The number of rotatable bonds is 5. The highest BCUT2D eigenvalue weighted by atomic mass is 32.2. The van der Waals surface area contributed by atoms with Gasteiger partial charge in [-0.3, -0.25) is 4.68 Å². The summed E-state index contributed by atoms with van der Waals surface area (Å²) in [5, 5.41) is 4.39. The maximum Gasteiger partial charge on any atom is 0.246 e. The Balaban J connectivity index is 2.38. The van der Waals surface area contributed by atoms with E-state index in [0.717, 1.165) is 31.4 Å². The van der Waals surface area contributed by atoms with Crippen molar-refractivity contribution in [2.45, 2.75) is 63.9 Å². The Kier molecular flexibility index (Phi) is 5.06. The molecule has 21 heavy (non-hydrogen) atoms. The van der Waals surface area contributed by atoms with Crippen LogP contribution in [0.1, 0.15) is 44.0 Å². The van der Waals surface area contributed by atoms with Crippen LogP contribution in [0.15, 0.2) is 4.90 Å². The summed E-state index contributed by atoms with van der Waals surface area (Å²) in [7, 11) is -3.46. The molecule has 7 heteroatoms. The van der Waals surface area contributed by atoms with Crippen molar-refractivity contribution in [3.63, 3.8) is 0 Å². The van der Waals surface area contributed by atoms with Crippen molar-refractivity contribution in [3.05, 3.63) is 11.4 Å². The summed E-state index contributed by atoms with van der Waals surface area (Å²) in [6.07, 6.45) is 3.75. The second kappa shape index (κ2) is 6.46. The molecule has 2 rings (SSSR count). The van der Waals surface area contributed by atoms with E-state index in [2.05, 4.69) is 5.10 Å². The number of piperidine rings is 1. The molecule has 1 unspecified atom stereocenters. The van der Waals surface area contributed by atoms with Crippen LogP contribution in [0.4, 0.5) is 0 Å². The van der Waals surface area contributed by atoms with Crippen molar-refractivity contribution in [3.8, 4) is 0 Å². The quantitative estimate of drug-likeness (QED) is 0.891. The van der Waals surface area contributed by atoms with Gasteiger partial charge in [0.2, 0.25) is 10.0 Å². The topological polar surface area (TPSA) is 81.2 Å². The molecule has 1 aromatic heterocycles. The van der Waals surface area contributed by atoms with Crippen LogP contribution in [0.25, 0.3) is 0 Å². The van der Waals surface area contributed by atoms with Gasteiger partial charge in [0.05, 0.1) is 11.4 Å². The second-order valence-corrected chi connectivity index (χ2v) is 7.65. The average Bonchev–Trinajstić information content (AvgIpc) is 2.71. The van der Waals surface area contributed by atoms with E-state index in [4.69, 9.17) is 5.73 Å². The molecule has 120 valence electrons. The molecule has 1 aliphatic heterocycles. The summed E-state index contributed by atoms with van der Waals surface area (Å²) >= 11 is 0. The van der Waals surface area contributed by atoms with Crippen molar-refractivity contribution in [2.75, 3.05) is 13.1 Å². The van der Waals surface area contributed by atoms with Crippen LogP contribution in [0.5, 0.6) is 0 Å². The molecule has 0 radical (unpaired) electrons. The Hall–Kier alpha value is -0.920. The zero-order chi connectivity index (χ0) is 15.6. The average molecular weight is 314 g/mol. The van der Waals surface area contributed by atoms with Gasteiger partial charge in [0.1, 0.15) is 4.90 Å². The number of hydrogen-bond acceptors (Lipinski definition) is 4. The third-order valence-electron chi connectivity index (χ3n) is 4.20. The first-order valence-corrected chi connectivity index (χ1v) is 9.09. The van der Waals surface area contributed by atoms with Crippen LogP contribution in [0, 0.1) is 13.8 Å². The van der Waals surface area contributed by atoms with E-state index in [1.807, 2.05) is 13.8 Å². The molecule has 0 bridgehead atoms. The Morgan fingerprint density at radius 1 is 1.33 bits per heavy atom. The van der Waals surface area contributed by atoms with Crippen LogP contribution in [-0.2, 0) is 16.6 Å². The molecule has 2 N–H and O–H groups in total. The predicted octanol–water partition coefficient (Wildman–Crippen LogP) is 1.41. The van der Waals surface area contributed by atoms with E-state index in [9.17, 15) is 8.42 Å². The highest BCUT2D eigenvalue weighted by Crippen LogP contribution is 2.28. The molecule has 0 saturated carbocycles. The molecule has 2 heterocycles. The molecule has 1 aliphatic rings. The van der Waals surface area contributed by atoms with E-state index in [0.29, 0.717) is 30.2 Å². The molecule has 1 aromatic rings. The summed E-state index contributed by atoms with van der Waals surface area (Å²) in [5.74, 6) is 0. The lowest BCUT2D eigenvalue weighted by molar-refractivity contribution is 0.268. The van der Waals surface area contributed by atoms with Crippen LogP contribution in [0.2, 0.25) is 0 Å². The molecule has 1 saturated heterocycles. The maximum absolute atomic E-state index is 13.0. The summed E-state index contributed by atoms with van der Waals surface area (Å²) in [4.78, 5) is 0.383. The van der Waals surface area contributed by atoms with E-state index >= 15 is 0 Å². The van der Waals surface area contributed by atoms with Crippen molar-refractivity contribution < 1.29 is 8.42 Å². The fourth-order valence-corrected chi connectivity index (χ4v) is 5.13. The number of nitrogens with two attached hydrogens (primary N) is 1. The molecule has 0 aromatic carbocycles. The zero-order valence-corrected chi connectivity index (χ0v) is 14.0. The Labute approximate surface area is 127 Å². The molecule has 0 spiro atoms. The number of nitrogens with zero attached hydrogens (tertiary/aromatic N) is 3.